The number of benzene rings is 3. The lowest BCUT2D eigenvalue weighted by Crippen LogP contribution is -2.51. The van der Waals surface area contributed by atoms with Gasteiger partial charge in [-0.25, -0.2) is 4.90 Å². The van der Waals surface area contributed by atoms with E-state index < -0.39 is 46.9 Å². The van der Waals surface area contributed by atoms with Gasteiger partial charge in [-0.3, -0.25) is 19.2 Å². The highest BCUT2D eigenvalue weighted by molar-refractivity contribution is 6.37. The summed E-state index contributed by atoms with van der Waals surface area (Å²) >= 11 is 6.06. The van der Waals surface area contributed by atoms with E-state index in [4.69, 9.17) is 16.3 Å². The number of anilines is 1. The van der Waals surface area contributed by atoms with Crippen LogP contribution in [0.4, 0.5) is 5.69 Å². The van der Waals surface area contributed by atoms with Gasteiger partial charge < -0.3 is 4.74 Å². The van der Waals surface area contributed by atoms with Gasteiger partial charge >= 0.3 is 0 Å². The molecule has 0 radical (unpaired) electrons. The third-order valence-corrected chi connectivity index (χ3v) is 7.43. The maximum atomic E-state index is 14.0. The van der Waals surface area contributed by atoms with Crippen molar-refractivity contribution in [3.8, 4) is 0 Å². The summed E-state index contributed by atoms with van der Waals surface area (Å²) in [4.78, 5) is 56.5. The highest BCUT2D eigenvalue weighted by Gasteiger charge is 2.74. The van der Waals surface area contributed by atoms with E-state index in [1.165, 1.54) is 0 Å². The average Bonchev–Trinajstić information content (AvgIpc) is 3.39. The Kier molecular flexibility index (Phi) is 4.66. The van der Waals surface area contributed by atoms with Crippen LogP contribution in [0.1, 0.15) is 43.5 Å². The second-order valence-corrected chi connectivity index (χ2v) is 9.83. The highest BCUT2D eigenvalue weighted by atomic mass is 35.5. The van der Waals surface area contributed by atoms with Crippen LogP contribution in [0.3, 0.4) is 0 Å². The number of aryl methyl sites for hydroxylation is 2. The molecule has 1 spiro atoms. The summed E-state index contributed by atoms with van der Waals surface area (Å²) in [5.41, 5.74) is 1.10. The highest BCUT2D eigenvalue weighted by Crippen LogP contribution is 2.57. The molecular formula is C28H20ClNO5. The van der Waals surface area contributed by atoms with E-state index in [0.717, 1.165) is 16.0 Å². The lowest BCUT2D eigenvalue weighted by atomic mass is 9.77. The second-order valence-electron chi connectivity index (χ2n) is 9.39. The molecule has 0 aromatic heterocycles. The molecule has 0 bridgehead atoms. The first kappa shape index (κ1) is 21.9. The van der Waals surface area contributed by atoms with Gasteiger partial charge in [0.2, 0.25) is 29.0 Å². The number of imide groups is 1. The molecule has 2 amide bonds. The molecule has 3 aliphatic rings. The van der Waals surface area contributed by atoms with E-state index in [9.17, 15) is 19.2 Å². The number of carbonyl (C=O) groups is 4. The number of halogens is 1. The fraction of sp³-hybridized carbons (Fsp3) is 0.214. The summed E-state index contributed by atoms with van der Waals surface area (Å²) in [6.07, 6.45) is -0.966. The molecule has 0 saturated carbocycles. The second kappa shape index (κ2) is 7.44. The minimum atomic E-state index is -2.08. The maximum absolute atomic E-state index is 14.0. The van der Waals surface area contributed by atoms with Crippen LogP contribution in [0, 0.1) is 25.7 Å². The van der Waals surface area contributed by atoms with Gasteiger partial charge in [-0.1, -0.05) is 54.1 Å². The molecule has 7 heteroatoms. The standard InChI is InChI=1S/C28H20ClNO5/c1-14-11-15(2)13-18(12-14)30-26(33)21-22(27(30)34)28(35-23(21)16-7-9-17(29)10-8-16)24(31)19-5-3-4-6-20(19)25(28)32/h3-13,21-23H,1-2H3. The van der Waals surface area contributed by atoms with Gasteiger partial charge in [-0.15, -0.1) is 0 Å². The van der Waals surface area contributed by atoms with Crippen molar-refractivity contribution in [2.75, 3.05) is 4.90 Å². The Morgan fingerprint density at radius 2 is 1.37 bits per heavy atom. The molecule has 2 aliphatic heterocycles. The Hall–Kier alpha value is -3.61. The molecule has 2 heterocycles. The van der Waals surface area contributed by atoms with Crippen LogP contribution in [0.25, 0.3) is 0 Å². The number of ether oxygens (including phenoxy) is 1. The smallest absolute Gasteiger partial charge is 0.241 e. The number of Topliss-reactive ketones (excluding diaryl/α,β-unsaturated/α-hetero) is 2. The van der Waals surface area contributed by atoms with Crippen molar-refractivity contribution >= 4 is 40.7 Å². The van der Waals surface area contributed by atoms with Crippen LogP contribution >= 0.6 is 11.6 Å². The van der Waals surface area contributed by atoms with Gasteiger partial charge in [-0.05, 0) is 54.8 Å². The molecule has 3 atom stereocenters. The Bertz CT molecular complexity index is 1410. The summed E-state index contributed by atoms with van der Waals surface area (Å²) in [6, 6.07) is 18.6. The maximum Gasteiger partial charge on any atom is 0.241 e. The van der Waals surface area contributed by atoms with Crippen LogP contribution < -0.4 is 4.90 Å². The number of ketones is 2. The van der Waals surface area contributed by atoms with Crippen LogP contribution in [0.5, 0.6) is 0 Å². The molecule has 6 nitrogen and oxygen atoms in total. The Balaban J connectivity index is 1.55. The van der Waals surface area contributed by atoms with Crippen molar-refractivity contribution in [2.45, 2.75) is 25.6 Å². The topological polar surface area (TPSA) is 80.8 Å². The lowest BCUT2D eigenvalue weighted by molar-refractivity contribution is -0.127. The zero-order valence-electron chi connectivity index (χ0n) is 18.9. The number of hydrogen-bond acceptors (Lipinski definition) is 5. The van der Waals surface area contributed by atoms with Crippen molar-refractivity contribution in [3.63, 3.8) is 0 Å². The summed E-state index contributed by atoms with van der Waals surface area (Å²) < 4.78 is 6.27. The molecule has 174 valence electrons. The van der Waals surface area contributed by atoms with E-state index in [1.807, 2.05) is 19.9 Å². The zero-order chi connectivity index (χ0) is 24.6. The SMILES string of the molecule is Cc1cc(C)cc(N2C(=O)C3C(c4ccc(Cl)cc4)OC4(C(=O)c5ccccc5C4=O)C3C2=O)c1. The first-order valence-electron chi connectivity index (χ1n) is 11.3. The molecule has 35 heavy (non-hydrogen) atoms. The van der Waals surface area contributed by atoms with Crippen molar-refractivity contribution in [1.82, 2.24) is 0 Å². The summed E-state index contributed by atoms with van der Waals surface area (Å²) in [6.45, 7) is 3.76. The quantitative estimate of drug-likeness (QED) is 0.390. The number of rotatable bonds is 2. The predicted molar refractivity (Wildman–Crippen MR) is 129 cm³/mol. The van der Waals surface area contributed by atoms with Gasteiger partial charge in [0.25, 0.3) is 0 Å². The first-order valence-corrected chi connectivity index (χ1v) is 11.7. The number of carbonyl (C=O) groups excluding carboxylic acids is 4. The Morgan fingerprint density at radius 1 is 0.800 bits per heavy atom. The third-order valence-electron chi connectivity index (χ3n) is 7.18. The summed E-state index contributed by atoms with van der Waals surface area (Å²) in [5, 5.41) is 0.490. The van der Waals surface area contributed by atoms with Crippen LogP contribution in [0.2, 0.25) is 5.02 Å². The Labute approximate surface area is 206 Å². The van der Waals surface area contributed by atoms with E-state index in [2.05, 4.69) is 0 Å². The number of nitrogens with zero attached hydrogens (tertiary/aromatic N) is 1. The molecule has 0 N–H and O–H groups in total. The van der Waals surface area contributed by atoms with Gasteiger partial charge in [0.15, 0.2) is 0 Å². The normalized spacial score (nSPS) is 24.4. The molecule has 6 rings (SSSR count). The monoisotopic (exact) mass is 485 g/mol. The van der Waals surface area contributed by atoms with Crippen LogP contribution in [0.15, 0.2) is 66.7 Å². The molecule has 2 fully saturated rings. The largest absolute Gasteiger partial charge is 0.349 e. The fourth-order valence-corrected chi connectivity index (χ4v) is 5.93. The summed E-state index contributed by atoms with van der Waals surface area (Å²) in [7, 11) is 0. The molecule has 3 aromatic carbocycles. The average molecular weight is 486 g/mol. The molecule has 1 aliphatic carbocycles. The van der Waals surface area contributed by atoms with Gasteiger partial charge in [0.1, 0.15) is 0 Å². The predicted octanol–water partition coefficient (Wildman–Crippen LogP) is 4.65. The molecule has 3 aromatic rings. The van der Waals surface area contributed by atoms with E-state index >= 15 is 0 Å². The number of amides is 2. The Morgan fingerprint density at radius 3 is 1.94 bits per heavy atom. The van der Waals surface area contributed by atoms with Gasteiger partial charge in [-0.2, -0.15) is 0 Å². The molecule has 3 unspecified atom stereocenters. The van der Waals surface area contributed by atoms with Crippen LogP contribution in [-0.4, -0.2) is 29.0 Å². The molecule has 2 saturated heterocycles. The lowest BCUT2D eigenvalue weighted by Gasteiger charge is -2.27. The van der Waals surface area contributed by atoms with Gasteiger partial charge in [0.05, 0.1) is 23.6 Å². The summed E-state index contributed by atoms with van der Waals surface area (Å²) in [5.74, 6) is -4.55. The van der Waals surface area contributed by atoms with Crippen molar-refractivity contribution in [1.29, 1.82) is 0 Å². The van der Waals surface area contributed by atoms with E-state index in [0.29, 0.717) is 16.3 Å². The van der Waals surface area contributed by atoms with Crippen molar-refractivity contribution in [3.05, 3.63) is 99.6 Å². The van der Waals surface area contributed by atoms with Crippen LogP contribution in [-0.2, 0) is 14.3 Å². The van der Waals surface area contributed by atoms with E-state index in [1.54, 1.807) is 60.7 Å². The van der Waals surface area contributed by atoms with Crippen molar-refractivity contribution in [2.24, 2.45) is 11.8 Å². The number of fused-ring (bicyclic) bond motifs is 3. The van der Waals surface area contributed by atoms with Crippen molar-refractivity contribution < 1.29 is 23.9 Å². The van der Waals surface area contributed by atoms with E-state index in [-0.39, 0.29) is 11.1 Å². The van der Waals surface area contributed by atoms with Gasteiger partial charge in [0, 0.05) is 16.1 Å². The zero-order valence-corrected chi connectivity index (χ0v) is 19.7. The minimum Gasteiger partial charge on any atom is -0.349 e. The molecular weight excluding hydrogens is 466 g/mol. The third kappa shape index (κ3) is 2.87. The fourth-order valence-electron chi connectivity index (χ4n) is 5.80. The minimum absolute atomic E-state index is 0.207. The number of hydrogen-bond donors (Lipinski definition) is 0. The first-order chi connectivity index (χ1) is 16.7.